The van der Waals surface area contributed by atoms with E-state index in [9.17, 15) is 27.6 Å². The molecule has 3 aromatic rings. The first-order valence-corrected chi connectivity index (χ1v) is 13.2. The Hall–Kier alpha value is -4.60. The SMILES string of the molecule is O=C(OCCCOC(=O)c1ccc2c(c1)CCN2/C=C(\C(=O)C(F)(F)F)c1ccccc1)c1ccc2c(c1)CCN2. The predicted octanol–water partition coefficient (Wildman–Crippen LogP) is 5.59. The number of ether oxygens (including phenoxy) is 2. The molecular formula is C31H27F3N2O5. The monoisotopic (exact) mass is 564 g/mol. The summed E-state index contributed by atoms with van der Waals surface area (Å²) in [4.78, 5) is 38.7. The van der Waals surface area contributed by atoms with E-state index in [4.69, 9.17) is 9.47 Å². The molecule has 1 N–H and O–H groups in total. The number of rotatable bonds is 9. The van der Waals surface area contributed by atoms with Crippen molar-refractivity contribution in [3.63, 3.8) is 0 Å². The average molecular weight is 565 g/mol. The standard InChI is InChI=1S/C31H27F3N2O5/c32-31(33,34)28(37)25(20-5-2-1-3-6-20)19-36-14-12-22-18-24(8-10-27(22)36)30(39)41-16-4-15-40-29(38)23-7-9-26-21(17-23)11-13-35-26/h1-3,5-10,17-19,35H,4,11-16H2/b25-19-. The van der Waals surface area contributed by atoms with E-state index in [1.807, 2.05) is 12.1 Å². The third kappa shape index (κ3) is 6.42. The van der Waals surface area contributed by atoms with Crippen LogP contribution in [0.1, 0.15) is 43.8 Å². The molecule has 0 saturated heterocycles. The van der Waals surface area contributed by atoms with Gasteiger partial charge in [0.2, 0.25) is 0 Å². The summed E-state index contributed by atoms with van der Waals surface area (Å²) in [5, 5.41) is 3.23. The zero-order valence-electron chi connectivity index (χ0n) is 22.0. The van der Waals surface area contributed by atoms with Crippen molar-refractivity contribution in [1.29, 1.82) is 0 Å². The van der Waals surface area contributed by atoms with Crippen LogP contribution in [0.5, 0.6) is 0 Å². The fraction of sp³-hybridized carbons (Fsp3) is 0.258. The molecule has 0 fully saturated rings. The molecule has 41 heavy (non-hydrogen) atoms. The third-order valence-electron chi connectivity index (χ3n) is 6.92. The minimum absolute atomic E-state index is 0.0478. The van der Waals surface area contributed by atoms with Crippen molar-refractivity contribution >= 4 is 34.7 Å². The van der Waals surface area contributed by atoms with Crippen LogP contribution in [0.25, 0.3) is 5.57 Å². The molecule has 10 heteroatoms. The summed E-state index contributed by atoms with van der Waals surface area (Å²) in [5.74, 6) is -2.92. The first-order valence-electron chi connectivity index (χ1n) is 13.2. The Morgan fingerprint density at radius 1 is 0.829 bits per heavy atom. The lowest BCUT2D eigenvalue weighted by Gasteiger charge is -2.18. The lowest BCUT2D eigenvalue weighted by molar-refractivity contribution is -0.164. The van der Waals surface area contributed by atoms with Crippen molar-refractivity contribution in [3.05, 3.63) is 101 Å². The second kappa shape index (κ2) is 11.9. The van der Waals surface area contributed by atoms with Crippen LogP contribution in [0.2, 0.25) is 0 Å². The summed E-state index contributed by atoms with van der Waals surface area (Å²) in [6, 6.07) is 17.9. The maximum atomic E-state index is 13.3. The van der Waals surface area contributed by atoms with E-state index in [0.29, 0.717) is 36.2 Å². The van der Waals surface area contributed by atoms with Gasteiger partial charge in [-0.3, -0.25) is 4.79 Å². The Kier molecular flexibility index (Phi) is 8.09. The fourth-order valence-electron chi connectivity index (χ4n) is 4.87. The van der Waals surface area contributed by atoms with Gasteiger partial charge in [0.15, 0.2) is 0 Å². The highest BCUT2D eigenvalue weighted by atomic mass is 19.4. The molecule has 0 amide bonds. The van der Waals surface area contributed by atoms with E-state index < -0.39 is 29.5 Å². The van der Waals surface area contributed by atoms with Crippen LogP contribution in [-0.2, 0) is 27.1 Å². The number of fused-ring (bicyclic) bond motifs is 2. The average Bonchev–Trinajstić information content (AvgIpc) is 3.61. The van der Waals surface area contributed by atoms with E-state index in [1.54, 1.807) is 41.3 Å². The van der Waals surface area contributed by atoms with E-state index in [0.717, 1.165) is 29.8 Å². The first kappa shape index (κ1) is 27.9. The van der Waals surface area contributed by atoms with Crippen LogP contribution in [-0.4, -0.2) is 50.2 Å². The number of hydrogen-bond acceptors (Lipinski definition) is 7. The zero-order valence-corrected chi connectivity index (χ0v) is 22.0. The van der Waals surface area contributed by atoms with E-state index >= 15 is 0 Å². The number of Topliss-reactive ketones (excluding diaryl/α,β-unsaturated/α-hetero) is 1. The molecule has 0 aliphatic carbocycles. The molecule has 0 atom stereocenters. The van der Waals surface area contributed by atoms with Gasteiger partial charge in [0.05, 0.1) is 29.9 Å². The van der Waals surface area contributed by atoms with E-state index in [-0.39, 0.29) is 18.8 Å². The Morgan fingerprint density at radius 2 is 1.49 bits per heavy atom. The summed E-state index contributed by atoms with van der Waals surface area (Å²) in [6.45, 7) is 1.33. The van der Waals surface area contributed by atoms with Gasteiger partial charge < -0.3 is 19.7 Å². The molecule has 212 valence electrons. The number of esters is 2. The number of allylic oxidation sites excluding steroid dienone is 1. The number of nitrogens with one attached hydrogen (secondary N) is 1. The molecule has 0 aromatic heterocycles. The number of anilines is 2. The maximum absolute atomic E-state index is 13.3. The molecule has 0 radical (unpaired) electrons. The van der Waals surface area contributed by atoms with E-state index in [1.165, 1.54) is 24.4 Å². The number of halogens is 3. The van der Waals surface area contributed by atoms with Gasteiger partial charge in [-0.15, -0.1) is 0 Å². The topological polar surface area (TPSA) is 84.9 Å². The Morgan fingerprint density at radius 3 is 2.17 bits per heavy atom. The molecule has 2 aliphatic rings. The normalized spacial score (nSPS) is 14.2. The molecule has 3 aromatic carbocycles. The summed E-state index contributed by atoms with van der Waals surface area (Å²) >= 11 is 0. The number of carbonyl (C=O) groups excluding carboxylic acids is 3. The van der Waals surface area contributed by atoms with Crippen molar-refractivity contribution in [1.82, 2.24) is 0 Å². The molecule has 0 unspecified atom stereocenters. The molecule has 0 spiro atoms. The lowest BCUT2D eigenvalue weighted by Crippen LogP contribution is -2.26. The second-order valence-corrected chi connectivity index (χ2v) is 9.70. The molecule has 0 saturated carbocycles. The van der Waals surface area contributed by atoms with Crippen LogP contribution in [0.15, 0.2) is 72.9 Å². The van der Waals surface area contributed by atoms with E-state index in [2.05, 4.69) is 5.32 Å². The molecule has 0 bridgehead atoms. The van der Waals surface area contributed by atoms with Crippen molar-refractivity contribution in [3.8, 4) is 0 Å². The second-order valence-electron chi connectivity index (χ2n) is 9.70. The Balaban J connectivity index is 1.16. The Labute approximate surface area is 234 Å². The number of alkyl halides is 3. The van der Waals surface area contributed by atoms with Crippen LogP contribution in [0.4, 0.5) is 24.5 Å². The van der Waals surface area contributed by atoms with Crippen molar-refractivity contribution in [2.24, 2.45) is 0 Å². The maximum Gasteiger partial charge on any atom is 0.454 e. The molecule has 2 aliphatic heterocycles. The van der Waals surface area contributed by atoms with Crippen molar-refractivity contribution in [2.75, 3.05) is 36.5 Å². The van der Waals surface area contributed by atoms with Crippen molar-refractivity contribution in [2.45, 2.75) is 25.4 Å². The third-order valence-corrected chi connectivity index (χ3v) is 6.92. The van der Waals surface area contributed by atoms with Gasteiger partial charge in [0, 0.05) is 37.1 Å². The highest BCUT2D eigenvalue weighted by Crippen LogP contribution is 2.33. The van der Waals surface area contributed by atoms with Crippen LogP contribution in [0.3, 0.4) is 0 Å². The summed E-state index contributed by atoms with van der Waals surface area (Å²) < 4.78 is 50.6. The smallest absolute Gasteiger partial charge is 0.454 e. The van der Waals surface area contributed by atoms with Gasteiger partial charge in [0.1, 0.15) is 0 Å². The molecule has 5 rings (SSSR count). The molecule has 2 heterocycles. The van der Waals surface area contributed by atoms with Gasteiger partial charge in [0.25, 0.3) is 5.78 Å². The van der Waals surface area contributed by atoms with Crippen LogP contribution >= 0.6 is 0 Å². The van der Waals surface area contributed by atoms with Gasteiger partial charge >= 0.3 is 18.1 Å². The molecular weight excluding hydrogens is 537 g/mol. The minimum Gasteiger partial charge on any atom is -0.462 e. The number of ketones is 1. The largest absolute Gasteiger partial charge is 0.462 e. The highest BCUT2D eigenvalue weighted by Gasteiger charge is 2.41. The first-order chi connectivity index (χ1) is 19.7. The summed E-state index contributed by atoms with van der Waals surface area (Å²) in [6.07, 6.45) is -2.14. The zero-order chi connectivity index (χ0) is 29.0. The summed E-state index contributed by atoms with van der Waals surface area (Å²) in [7, 11) is 0. The van der Waals surface area contributed by atoms with Gasteiger partial charge in [-0.05, 0) is 65.9 Å². The molecule has 7 nitrogen and oxygen atoms in total. The van der Waals surface area contributed by atoms with Crippen LogP contribution in [0, 0.1) is 0 Å². The number of nitrogens with zero attached hydrogens (tertiary/aromatic N) is 1. The predicted molar refractivity (Wildman–Crippen MR) is 147 cm³/mol. The highest BCUT2D eigenvalue weighted by molar-refractivity contribution is 6.23. The van der Waals surface area contributed by atoms with Gasteiger partial charge in [-0.1, -0.05) is 30.3 Å². The van der Waals surface area contributed by atoms with Gasteiger partial charge in [-0.2, -0.15) is 13.2 Å². The van der Waals surface area contributed by atoms with Crippen molar-refractivity contribution < 1.29 is 37.0 Å². The fourth-order valence-corrected chi connectivity index (χ4v) is 4.87. The number of hydrogen-bond donors (Lipinski definition) is 1. The lowest BCUT2D eigenvalue weighted by atomic mass is 10.0. The number of carbonyl (C=O) groups is 3. The summed E-state index contributed by atoms with van der Waals surface area (Å²) in [5.41, 5.74) is 3.95. The van der Waals surface area contributed by atoms with Gasteiger partial charge in [-0.25, -0.2) is 9.59 Å². The minimum atomic E-state index is -5.02. The van der Waals surface area contributed by atoms with Crippen LogP contribution < -0.4 is 10.2 Å². The Bertz CT molecular complexity index is 1500. The quantitative estimate of drug-likeness (QED) is 0.206. The number of benzene rings is 3.